The normalized spacial score (nSPS) is 10.7. The van der Waals surface area contributed by atoms with Crippen molar-refractivity contribution in [1.29, 1.82) is 0 Å². The van der Waals surface area contributed by atoms with Gasteiger partial charge < -0.3 is 10.5 Å². The minimum absolute atomic E-state index is 0.522. The Morgan fingerprint density at radius 2 is 1.85 bits per heavy atom. The third-order valence-corrected chi connectivity index (χ3v) is 4.05. The van der Waals surface area contributed by atoms with Crippen molar-refractivity contribution >= 4 is 55.1 Å². The number of pyridine rings is 1. The maximum atomic E-state index is 6.01. The van der Waals surface area contributed by atoms with Gasteiger partial charge in [0.15, 0.2) is 5.75 Å². The molecule has 0 bridgehead atoms. The molecule has 5 heteroatoms. The fourth-order valence-corrected chi connectivity index (χ4v) is 2.61. The molecule has 0 saturated carbocycles. The predicted molar refractivity (Wildman–Crippen MR) is 93.1 cm³/mol. The average Bonchev–Trinajstić information content (AvgIpc) is 2.44. The van der Waals surface area contributed by atoms with Crippen LogP contribution >= 0.6 is 38.5 Å². The van der Waals surface area contributed by atoms with Crippen molar-refractivity contribution in [3.05, 3.63) is 56.7 Å². The molecule has 0 radical (unpaired) electrons. The van der Waals surface area contributed by atoms with Gasteiger partial charge in [0.1, 0.15) is 5.75 Å². The van der Waals surface area contributed by atoms with E-state index in [0.717, 1.165) is 24.7 Å². The highest BCUT2D eigenvalue weighted by Crippen LogP contribution is 2.35. The SMILES string of the molecule is Nc1cnc2ccc(Br)cc2c1Oc1ccc(I)cc1. The number of fused-ring (bicyclic) bond motifs is 1. The Balaban J connectivity index is 2.12. The standard InChI is InChI=1S/C15H10BrIN2O/c16-9-1-6-14-12(7-9)15(13(18)8-19-14)20-11-4-2-10(17)3-5-11/h1-8H,18H2. The van der Waals surface area contributed by atoms with Crippen molar-refractivity contribution < 1.29 is 4.74 Å². The van der Waals surface area contributed by atoms with E-state index in [1.54, 1.807) is 6.20 Å². The number of hydrogen-bond acceptors (Lipinski definition) is 3. The zero-order chi connectivity index (χ0) is 14.1. The van der Waals surface area contributed by atoms with Gasteiger partial charge in [0, 0.05) is 13.4 Å². The molecule has 100 valence electrons. The lowest BCUT2D eigenvalue weighted by atomic mass is 10.2. The summed E-state index contributed by atoms with van der Waals surface area (Å²) in [6.45, 7) is 0. The van der Waals surface area contributed by atoms with Gasteiger partial charge in [-0.1, -0.05) is 15.9 Å². The molecular weight excluding hydrogens is 431 g/mol. The maximum Gasteiger partial charge on any atom is 0.161 e. The molecule has 3 aromatic rings. The number of nitrogens with zero attached hydrogens (tertiary/aromatic N) is 1. The van der Waals surface area contributed by atoms with Crippen molar-refractivity contribution in [2.45, 2.75) is 0 Å². The van der Waals surface area contributed by atoms with Crippen LogP contribution in [-0.2, 0) is 0 Å². The second kappa shape index (κ2) is 5.57. The Kier molecular flexibility index (Phi) is 3.80. The van der Waals surface area contributed by atoms with Gasteiger partial charge >= 0.3 is 0 Å². The van der Waals surface area contributed by atoms with E-state index < -0.39 is 0 Å². The summed E-state index contributed by atoms with van der Waals surface area (Å²) in [6, 6.07) is 13.7. The molecule has 20 heavy (non-hydrogen) atoms. The molecule has 0 amide bonds. The van der Waals surface area contributed by atoms with E-state index in [0.29, 0.717) is 11.4 Å². The number of rotatable bonds is 2. The van der Waals surface area contributed by atoms with Crippen LogP contribution in [0.1, 0.15) is 0 Å². The van der Waals surface area contributed by atoms with E-state index in [4.69, 9.17) is 10.5 Å². The van der Waals surface area contributed by atoms with E-state index in [9.17, 15) is 0 Å². The van der Waals surface area contributed by atoms with Crippen molar-refractivity contribution in [2.24, 2.45) is 0 Å². The molecule has 1 aromatic heterocycles. The zero-order valence-electron chi connectivity index (χ0n) is 10.3. The number of halogens is 2. The van der Waals surface area contributed by atoms with Gasteiger partial charge in [-0.25, -0.2) is 0 Å². The molecule has 0 aliphatic carbocycles. The predicted octanol–water partition coefficient (Wildman–Crippen LogP) is 4.98. The lowest BCUT2D eigenvalue weighted by Crippen LogP contribution is -1.95. The van der Waals surface area contributed by atoms with Crippen LogP contribution in [0.2, 0.25) is 0 Å². The van der Waals surface area contributed by atoms with Crippen LogP contribution in [0.3, 0.4) is 0 Å². The lowest BCUT2D eigenvalue weighted by Gasteiger charge is -2.11. The van der Waals surface area contributed by atoms with Crippen LogP contribution < -0.4 is 10.5 Å². The number of nitrogens with two attached hydrogens (primary N) is 1. The van der Waals surface area contributed by atoms with E-state index in [-0.39, 0.29) is 0 Å². The van der Waals surface area contributed by atoms with E-state index >= 15 is 0 Å². The van der Waals surface area contributed by atoms with Crippen LogP contribution in [0.5, 0.6) is 11.5 Å². The summed E-state index contributed by atoms with van der Waals surface area (Å²) in [4.78, 5) is 4.31. The van der Waals surface area contributed by atoms with Crippen molar-refractivity contribution in [3.63, 3.8) is 0 Å². The number of aromatic nitrogens is 1. The summed E-state index contributed by atoms with van der Waals surface area (Å²) >= 11 is 5.72. The molecule has 0 unspecified atom stereocenters. The monoisotopic (exact) mass is 440 g/mol. The van der Waals surface area contributed by atoms with Crippen LogP contribution in [0.4, 0.5) is 5.69 Å². The Morgan fingerprint density at radius 1 is 1.10 bits per heavy atom. The van der Waals surface area contributed by atoms with E-state index in [1.807, 2.05) is 42.5 Å². The first kappa shape index (κ1) is 13.6. The molecule has 3 nitrogen and oxygen atoms in total. The molecule has 0 aliphatic heterocycles. The minimum Gasteiger partial charge on any atom is -0.454 e. The van der Waals surface area contributed by atoms with Gasteiger partial charge in [-0.15, -0.1) is 0 Å². The molecule has 2 aromatic carbocycles. The third kappa shape index (κ3) is 2.73. The fraction of sp³-hybridized carbons (Fsp3) is 0. The van der Waals surface area contributed by atoms with Crippen molar-refractivity contribution in [2.75, 3.05) is 5.73 Å². The Hall–Kier alpha value is -1.34. The second-order valence-electron chi connectivity index (χ2n) is 4.26. The molecule has 0 saturated heterocycles. The van der Waals surface area contributed by atoms with Gasteiger partial charge in [-0.3, -0.25) is 4.98 Å². The van der Waals surface area contributed by atoms with Crippen LogP contribution in [0.15, 0.2) is 53.1 Å². The second-order valence-corrected chi connectivity index (χ2v) is 6.42. The smallest absolute Gasteiger partial charge is 0.161 e. The number of anilines is 1. The number of nitrogen functional groups attached to an aromatic ring is 1. The molecule has 0 aliphatic rings. The largest absolute Gasteiger partial charge is 0.454 e. The highest BCUT2D eigenvalue weighted by Gasteiger charge is 2.10. The quantitative estimate of drug-likeness (QED) is 0.572. The Bertz CT molecular complexity index is 769. The van der Waals surface area contributed by atoms with Gasteiger partial charge in [0.2, 0.25) is 0 Å². The Morgan fingerprint density at radius 3 is 2.60 bits per heavy atom. The lowest BCUT2D eigenvalue weighted by molar-refractivity contribution is 0.490. The van der Waals surface area contributed by atoms with Gasteiger partial charge in [-0.2, -0.15) is 0 Å². The van der Waals surface area contributed by atoms with Gasteiger partial charge in [-0.05, 0) is 65.1 Å². The fourth-order valence-electron chi connectivity index (χ4n) is 1.89. The molecule has 2 N–H and O–H groups in total. The van der Waals surface area contributed by atoms with E-state index in [1.165, 1.54) is 0 Å². The summed E-state index contributed by atoms with van der Waals surface area (Å²) in [5.41, 5.74) is 7.38. The molecular formula is C15H10BrIN2O. The summed E-state index contributed by atoms with van der Waals surface area (Å²) in [6.07, 6.45) is 1.62. The highest BCUT2D eigenvalue weighted by atomic mass is 127. The van der Waals surface area contributed by atoms with E-state index in [2.05, 4.69) is 43.5 Å². The first-order valence-electron chi connectivity index (χ1n) is 5.90. The number of hydrogen-bond donors (Lipinski definition) is 1. The summed E-state index contributed by atoms with van der Waals surface area (Å²) in [7, 11) is 0. The first-order valence-corrected chi connectivity index (χ1v) is 7.78. The average molecular weight is 441 g/mol. The number of benzene rings is 2. The molecule has 1 heterocycles. The Labute approximate surface area is 138 Å². The molecule has 0 fully saturated rings. The minimum atomic E-state index is 0.522. The zero-order valence-corrected chi connectivity index (χ0v) is 14.1. The first-order chi connectivity index (χ1) is 9.63. The van der Waals surface area contributed by atoms with Gasteiger partial charge in [0.25, 0.3) is 0 Å². The molecule has 0 spiro atoms. The highest BCUT2D eigenvalue weighted by molar-refractivity contribution is 14.1. The number of ether oxygens (including phenoxy) is 1. The van der Waals surface area contributed by atoms with Gasteiger partial charge in [0.05, 0.1) is 17.4 Å². The topological polar surface area (TPSA) is 48.1 Å². The van der Waals surface area contributed by atoms with Crippen molar-refractivity contribution in [3.8, 4) is 11.5 Å². The molecule has 3 rings (SSSR count). The maximum absolute atomic E-state index is 6.01. The van der Waals surface area contributed by atoms with Crippen LogP contribution in [0.25, 0.3) is 10.9 Å². The summed E-state index contributed by atoms with van der Waals surface area (Å²) in [5, 5.41) is 0.887. The molecule has 0 atom stereocenters. The van der Waals surface area contributed by atoms with Crippen LogP contribution in [0, 0.1) is 3.57 Å². The summed E-state index contributed by atoms with van der Waals surface area (Å²) < 4.78 is 8.06. The van der Waals surface area contributed by atoms with Crippen LogP contribution in [-0.4, -0.2) is 4.98 Å². The third-order valence-electron chi connectivity index (χ3n) is 2.84. The van der Waals surface area contributed by atoms with Crippen molar-refractivity contribution in [1.82, 2.24) is 4.98 Å². The summed E-state index contributed by atoms with van der Waals surface area (Å²) in [5.74, 6) is 1.39.